The van der Waals surface area contributed by atoms with Crippen molar-refractivity contribution in [1.29, 1.82) is 5.26 Å². The lowest BCUT2D eigenvalue weighted by Crippen LogP contribution is -2.52. The Balaban J connectivity index is 1.35. The topological polar surface area (TPSA) is 74.8 Å². The molecule has 1 aromatic heterocycles. The van der Waals surface area contributed by atoms with Crippen LogP contribution < -0.4 is 0 Å². The molecule has 1 saturated heterocycles. The summed E-state index contributed by atoms with van der Waals surface area (Å²) in [6.07, 6.45) is 8.20. The lowest BCUT2D eigenvalue weighted by molar-refractivity contribution is -0.150. The molecule has 128 valence electrons. The number of rotatable bonds is 4. The van der Waals surface area contributed by atoms with Gasteiger partial charge in [0.1, 0.15) is 0 Å². The van der Waals surface area contributed by atoms with Gasteiger partial charge in [0.2, 0.25) is 5.91 Å². The maximum absolute atomic E-state index is 12.8. The van der Waals surface area contributed by atoms with Gasteiger partial charge in [0, 0.05) is 43.1 Å². The summed E-state index contributed by atoms with van der Waals surface area (Å²) in [5, 5.41) is 17.5. The molecule has 0 bridgehead atoms. The van der Waals surface area contributed by atoms with Crippen LogP contribution in [0.2, 0.25) is 0 Å². The molecule has 1 unspecified atom stereocenters. The first-order chi connectivity index (χ1) is 11.6. The van der Waals surface area contributed by atoms with E-state index in [1.54, 1.807) is 0 Å². The number of carbonyl (C=O) groups excluding carboxylic acids is 1. The van der Waals surface area contributed by atoms with Crippen molar-refractivity contribution in [3.05, 3.63) is 11.9 Å². The summed E-state index contributed by atoms with van der Waals surface area (Å²) < 4.78 is 1.96. The molecule has 1 atom stereocenters. The van der Waals surface area contributed by atoms with Gasteiger partial charge in [-0.05, 0) is 44.4 Å². The first-order valence-corrected chi connectivity index (χ1v) is 9.16. The minimum Gasteiger partial charge on any atom is -0.342 e. The van der Waals surface area contributed by atoms with Crippen molar-refractivity contribution < 1.29 is 4.79 Å². The van der Waals surface area contributed by atoms with Crippen molar-refractivity contribution in [2.45, 2.75) is 57.9 Å². The predicted molar refractivity (Wildman–Crippen MR) is 87.7 cm³/mol. The van der Waals surface area contributed by atoms with Gasteiger partial charge in [0.25, 0.3) is 0 Å². The summed E-state index contributed by atoms with van der Waals surface area (Å²) in [6, 6.07) is 2.28. The minimum absolute atomic E-state index is 0.0653. The van der Waals surface area contributed by atoms with Crippen LogP contribution in [0.15, 0.2) is 6.20 Å². The molecule has 2 saturated carbocycles. The number of likely N-dealkylation sites (tertiary alicyclic amines) is 1. The molecular formula is C18H25N5O. The molecule has 0 N–H and O–H groups in total. The van der Waals surface area contributed by atoms with Gasteiger partial charge >= 0.3 is 0 Å². The summed E-state index contributed by atoms with van der Waals surface area (Å²) >= 11 is 0. The Morgan fingerprint density at radius 1 is 1.42 bits per heavy atom. The Bertz CT molecular complexity index is 665. The van der Waals surface area contributed by atoms with Crippen LogP contribution in [-0.4, -0.2) is 38.9 Å². The number of nitriles is 1. The molecule has 1 aromatic rings. The molecule has 3 aliphatic rings. The van der Waals surface area contributed by atoms with Crippen molar-refractivity contribution in [1.82, 2.24) is 19.9 Å². The molecule has 1 aliphatic heterocycles. The van der Waals surface area contributed by atoms with E-state index in [-0.39, 0.29) is 17.2 Å². The Labute approximate surface area is 142 Å². The lowest BCUT2D eigenvalue weighted by Gasteiger charge is -2.45. The second kappa shape index (κ2) is 5.87. The minimum atomic E-state index is -0.311. The van der Waals surface area contributed by atoms with E-state index in [1.165, 1.54) is 12.8 Å². The summed E-state index contributed by atoms with van der Waals surface area (Å²) in [5.41, 5.74) is 0.817. The fourth-order valence-electron chi connectivity index (χ4n) is 4.31. The van der Waals surface area contributed by atoms with Crippen molar-refractivity contribution >= 4 is 5.91 Å². The van der Waals surface area contributed by atoms with Gasteiger partial charge < -0.3 is 4.90 Å². The Morgan fingerprint density at radius 3 is 2.92 bits per heavy atom. The summed E-state index contributed by atoms with van der Waals surface area (Å²) in [4.78, 5) is 14.9. The van der Waals surface area contributed by atoms with E-state index in [0.717, 1.165) is 51.0 Å². The normalized spacial score (nSPS) is 32.9. The van der Waals surface area contributed by atoms with E-state index in [9.17, 15) is 4.79 Å². The monoisotopic (exact) mass is 327 g/mol. The number of amides is 1. The van der Waals surface area contributed by atoms with Crippen LogP contribution in [0.25, 0.3) is 0 Å². The van der Waals surface area contributed by atoms with Gasteiger partial charge in [0.15, 0.2) is 0 Å². The van der Waals surface area contributed by atoms with Crippen molar-refractivity contribution in [3.8, 4) is 6.07 Å². The highest BCUT2D eigenvalue weighted by Gasteiger charge is 2.48. The Hall–Kier alpha value is -1.90. The van der Waals surface area contributed by atoms with Gasteiger partial charge in [-0.15, -0.1) is 5.10 Å². The number of aromatic nitrogens is 3. The molecule has 3 fully saturated rings. The predicted octanol–water partition coefficient (Wildman–Crippen LogP) is 2.33. The van der Waals surface area contributed by atoms with Crippen LogP contribution in [0.5, 0.6) is 0 Å². The molecule has 0 aromatic carbocycles. The van der Waals surface area contributed by atoms with Crippen LogP contribution in [0.1, 0.15) is 57.1 Å². The highest BCUT2D eigenvalue weighted by Crippen LogP contribution is 2.46. The quantitative estimate of drug-likeness (QED) is 0.850. The van der Waals surface area contributed by atoms with Gasteiger partial charge in [-0.2, -0.15) is 5.26 Å². The van der Waals surface area contributed by atoms with Crippen LogP contribution in [0.3, 0.4) is 0 Å². The molecule has 4 rings (SSSR count). The fraction of sp³-hybridized carbons (Fsp3) is 0.778. The fourth-order valence-corrected chi connectivity index (χ4v) is 4.31. The average molecular weight is 327 g/mol. The van der Waals surface area contributed by atoms with Crippen LogP contribution >= 0.6 is 0 Å². The molecule has 0 spiro atoms. The standard InChI is InChI=1S/C18H25N5O/c1-18(7-14(8-18)9-19)17(24)22-6-2-3-13(10-22)11-23-12-16(20-21-23)15-4-5-15/h12-15H,2-8,10-11H2,1H3. The van der Waals surface area contributed by atoms with E-state index >= 15 is 0 Å². The highest BCUT2D eigenvalue weighted by molar-refractivity contribution is 5.83. The third-order valence-corrected chi connectivity index (χ3v) is 5.90. The van der Waals surface area contributed by atoms with E-state index in [0.29, 0.717) is 11.8 Å². The van der Waals surface area contributed by atoms with E-state index < -0.39 is 0 Å². The smallest absolute Gasteiger partial charge is 0.228 e. The number of nitrogens with zero attached hydrogens (tertiary/aromatic N) is 5. The number of hydrogen-bond donors (Lipinski definition) is 0. The van der Waals surface area contributed by atoms with Gasteiger partial charge in [0.05, 0.1) is 11.8 Å². The van der Waals surface area contributed by atoms with Gasteiger partial charge in [-0.1, -0.05) is 12.1 Å². The van der Waals surface area contributed by atoms with Crippen molar-refractivity contribution in [2.24, 2.45) is 17.3 Å². The third kappa shape index (κ3) is 2.92. The number of carbonyl (C=O) groups is 1. The van der Waals surface area contributed by atoms with E-state index in [1.807, 2.05) is 16.5 Å². The largest absolute Gasteiger partial charge is 0.342 e. The van der Waals surface area contributed by atoms with Crippen LogP contribution in [0, 0.1) is 28.6 Å². The maximum Gasteiger partial charge on any atom is 0.228 e. The molecular weight excluding hydrogens is 302 g/mol. The van der Waals surface area contributed by atoms with Crippen molar-refractivity contribution in [3.63, 3.8) is 0 Å². The Morgan fingerprint density at radius 2 is 2.21 bits per heavy atom. The zero-order valence-electron chi connectivity index (χ0n) is 14.3. The molecule has 6 heteroatoms. The average Bonchev–Trinajstić information content (AvgIpc) is 3.31. The van der Waals surface area contributed by atoms with Crippen LogP contribution in [-0.2, 0) is 11.3 Å². The van der Waals surface area contributed by atoms with E-state index in [2.05, 4.69) is 22.6 Å². The summed E-state index contributed by atoms with van der Waals surface area (Å²) in [5.74, 6) is 1.40. The molecule has 24 heavy (non-hydrogen) atoms. The Kier molecular flexibility index (Phi) is 3.82. The summed E-state index contributed by atoms with van der Waals surface area (Å²) in [7, 11) is 0. The van der Waals surface area contributed by atoms with E-state index in [4.69, 9.17) is 5.26 Å². The zero-order chi connectivity index (χ0) is 16.7. The third-order valence-electron chi connectivity index (χ3n) is 5.90. The van der Waals surface area contributed by atoms with Crippen molar-refractivity contribution in [2.75, 3.05) is 13.1 Å². The first-order valence-electron chi connectivity index (χ1n) is 9.16. The zero-order valence-corrected chi connectivity index (χ0v) is 14.3. The SMILES string of the molecule is CC1(C(=O)N2CCCC(Cn3cc(C4CC4)nn3)C2)CC(C#N)C1. The van der Waals surface area contributed by atoms with Crippen LogP contribution in [0.4, 0.5) is 0 Å². The lowest BCUT2D eigenvalue weighted by atomic mass is 9.63. The highest BCUT2D eigenvalue weighted by atomic mass is 16.2. The maximum atomic E-state index is 12.8. The number of hydrogen-bond acceptors (Lipinski definition) is 4. The first kappa shape index (κ1) is 15.6. The second-order valence-corrected chi connectivity index (χ2v) is 8.19. The summed E-state index contributed by atoms with van der Waals surface area (Å²) in [6.45, 7) is 4.53. The molecule has 6 nitrogen and oxygen atoms in total. The number of piperidine rings is 1. The molecule has 0 radical (unpaired) electrons. The molecule has 2 heterocycles. The van der Waals surface area contributed by atoms with Gasteiger partial charge in [-0.3, -0.25) is 9.48 Å². The van der Waals surface area contributed by atoms with Gasteiger partial charge in [-0.25, -0.2) is 0 Å². The molecule has 2 aliphatic carbocycles. The molecule has 1 amide bonds. The second-order valence-electron chi connectivity index (χ2n) is 8.19.